The lowest BCUT2D eigenvalue weighted by atomic mass is 9.70. The third kappa shape index (κ3) is 4.08. The fourth-order valence-electron chi connectivity index (χ4n) is 8.70. The Morgan fingerprint density at radius 1 is 0.385 bits per heavy atom. The molecule has 0 amide bonds. The Morgan fingerprint density at radius 2 is 0.942 bits per heavy atom. The van der Waals surface area contributed by atoms with E-state index in [2.05, 4.69) is 170 Å². The van der Waals surface area contributed by atoms with E-state index in [0.29, 0.717) is 5.82 Å². The SMILES string of the molecule is c1ccc(-c2cc(-c3ccccc3)nc(-c3cccc(-c4ccc5c(c4)C4(c6ccccc6-c6ccccc64)c4c-5oc5ccccc45)c3)n2)cc1. The van der Waals surface area contributed by atoms with Gasteiger partial charge in [-0.25, -0.2) is 9.97 Å². The average Bonchev–Trinajstić information content (AvgIpc) is 3.85. The van der Waals surface area contributed by atoms with Crippen LogP contribution in [0.25, 0.3) is 78.4 Å². The molecule has 0 N–H and O–H groups in total. The van der Waals surface area contributed by atoms with Crippen LogP contribution in [0.4, 0.5) is 0 Å². The van der Waals surface area contributed by atoms with Crippen LogP contribution in [0.1, 0.15) is 22.3 Å². The van der Waals surface area contributed by atoms with Gasteiger partial charge in [-0.3, -0.25) is 0 Å². The van der Waals surface area contributed by atoms with E-state index in [1.807, 2.05) is 12.1 Å². The molecular weight excluding hydrogens is 633 g/mol. The molecule has 2 aromatic heterocycles. The number of para-hydroxylation sites is 1. The second-order valence-electron chi connectivity index (χ2n) is 13.7. The van der Waals surface area contributed by atoms with Gasteiger partial charge in [0, 0.05) is 33.2 Å². The van der Waals surface area contributed by atoms with E-state index in [0.717, 1.165) is 61.5 Å². The summed E-state index contributed by atoms with van der Waals surface area (Å²) in [7, 11) is 0. The highest BCUT2D eigenvalue weighted by Gasteiger charge is 2.54. The molecule has 0 saturated carbocycles. The first-order chi connectivity index (χ1) is 25.8. The summed E-state index contributed by atoms with van der Waals surface area (Å²) >= 11 is 0. The van der Waals surface area contributed by atoms with Gasteiger partial charge in [0.15, 0.2) is 5.82 Å². The van der Waals surface area contributed by atoms with Crippen molar-refractivity contribution in [2.45, 2.75) is 5.41 Å². The van der Waals surface area contributed by atoms with Gasteiger partial charge in [-0.2, -0.15) is 0 Å². The number of aromatic nitrogens is 2. The highest BCUT2D eigenvalue weighted by Crippen LogP contribution is 2.65. The Bertz CT molecular complexity index is 2750. The zero-order valence-corrected chi connectivity index (χ0v) is 28.1. The molecule has 7 aromatic carbocycles. The van der Waals surface area contributed by atoms with Crippen molar-refractivity contribution in [2.75, 3.05) is 0 Å². The molecule has 2 heterocycles. The molecule has 0 aliphatic heterocycles. The van der Waals surface area contributed by atoms with Crippen molar-refractivity contribution in [3.8, 4) is 67.5 Å². The van der Waals surface area contributed by atoms with Gasteiger partial charge in [0.1, 0.15) is 11.3 Å². The van der Waals surface area contributed by atoms with Gasteiger partial charge in [0.2, 0.25) is 0 Å². The van der Waals surface area contributed by atoms with Crippen LogP contribution < -0.4 is 0 Å². The van der Waals surface area contributed by atoms with E-state index in [1.165, 1.54) is 33.4 Å². The maximum Gasteiger partial charge on any atom is 0.160 e. The highest BCUT2D eigenvalue weighted by atomic mass is 16.3. The van der Waals surface area contributed by atoms with Crippen molar-refractivity contribution in [2.24, 2.45) is 0 Å². The Hall–Kier alpha value is -6.84. The van der Waals surface area contributed by atoms with Gasteiger partial charge in [-0.1, -0.05) is 158 Å². The minimum absolute atomic E-state index is 0.504. The average molecular weight is 663 g/mol. The van der Waals surface area contributed by atoms with E-state index < -0.39 is 5.41 Å². The summed E-state index contributed by atoms with van der Waals surface area (Å²) in [6, 6.07) is 64.6. The lowest BCUT2D eigenvalue weighted by Crippen LogP contribution is -2.25. The van der Waals surface area contributed by atoms with Gasteiger partial charge < -0.3 is 4.42 Å². The van der Waals surface area contributed by atoms with Crippen LogP contribution in [-0.4, -0.2) is 9.97 Å². The molecular formula is C49H30N2O. The summed E-state index contributed by atoms with van der Waals surface area (Å²) in [6.07, 6.45) is 0. The zero-order chi connectivity index (χ0) is 34.2. The van der Waals surface area contributed by atoms with Crippen molar-refractivity contribution in [3.63, 3.8) is 0 Å². The normalized spacial score (nSPS) is 13.2. The molecule has 2 aliphatic rings. The van der Waals surface area contributed by atoms with E-state index in [-0.39, 0.29) is 0 Å². The van der Waals surface area contributed by atoms with Crippen molar-refractivity contribution < 1.29 is 4.42 Å². The number of benzene rings is 7. The first-order valence-corrected chi connectivity index (χ1v) is 17.7. The van der Waals surface area contributed by atoms with Gasteiger partial charge in [-0.05, 0) is 63.2 Å². The second kappa shape index (κ2) is 11.1. The smallest absolute Gasteiger partial charge is 0.160 e. The zero-order valence-electron chi connectivity index (χ0n) is 28.1. The monoisotopic (exact) mass is 662 g/mol. The molecule has 3 heteroatoms. The van der Waals surface area contributed by atoms with Gasteiger partial charge in [0.05, 0.1) is 16.8 Å². The first kappa shape index (κ1) is 28.9. The Morgan fingerprint density at radius 3 is 1.63 bits per heavy atom. The van der Waals surface area contributed by atoms with E-state index >= 15 is 0 Å². The minimum Gasteiger partial charge on any atom is -0.456 e. The predicted octanol–water partition coefficient (Wildman–Crippen LogP) is 12.2. The summed E-state index contributed by atoms with van der Waals surface area (Å²) in [5.74, 6) is 1.66. The molecule has 0 atom stereocenters. The third-order valence-corrected chi connectivity index (χ3v) is 10.9. The lowest BCUT2D eigenvalue weighted by molar-refractivity contribution is 0.628. The molecule has 0 unspecified atom stereocenters. The molecule has 52 heavy (non-hydrogen) atoms. The van der Waals surface area contributed by atoms with E-state index in [9.17, 15) is 0 Å². The van der Waals surface area contributed by atoms with Gasteiger partial charge in [-0.15, -0.1) is 0 Å². The van der Waals surface area contributed by atoms with Crippen LogP contribution in [0.3, 0.4) is 0 Å². The molecule has 242 valence electrons. The fraction of sp³-hybridized carbons (Fsp3) is 0.0204. The van der Waals surface area contributed by atoms with Crippen LogP contribution in [0.5, 0.6) is 0 Å². The molecule has 0 fully saturated rings. The summed E-state index contributed by atoms with van der Waals surface area (Å²) in [4.78, 5) is 10.3. The van der Waals surface area contributed by atoms with Crippen molar-refractivity contribution >= 4 is 11.0 Å². The van der Waals surface area contributed by atoms with Crippen LogP contribution in [-0.2, 0) is 5.41 Å². The summed E-state index contributed by atoms with van der Waals surface area (Å²) < 4.78 is 6.76. The Kier molecular flexibility index (Phi) is 6.17. The summed E-state index contributed by atoms with van der Waals surface area (Å²) in [6.45, 7) is 0. The lowest BCUT2D eigenvalue weighted by Gasteiger charge is -2.30. The minimum atomic E-state index is -0.504. The fourth-order valence-corrected chi connectivity index (χ4v) is 8.70. The molecule has 9 aromatic rings. The van der Waals surface area contributed by atoms with Crippen molar-refractivity contribution in [1.82, 2.24) is 9.97 Å². The molecule has 11 rings (SSSR count). The van der Waals surface area contributed by atoms with Crippen molar-refractivity contribution in [3.05, 3.63) is 204 Å². The van der Waals surface area contributed by atoms with Gasteiger partial charge in [0.25, 0.3) is 0 Å². The second-order valence-corrected chi connectivity index (χ2v) is 13.7. The third-order valence-electron chi connectivity index (χ3n) is 10.9. The number of nitrogens with zero attached hydrogens (tertiary/aromatic N) is 2. The molecule has 2 aliphatic carbocycles. The number of hydrogen-bond acceptors (Lipinski definition) is 3. The molecule has 0 bridgehead atoms. The van der Waals surface area contributed by atoms with Crippen LogP contribution in [0.15, 0.2) is 186 Å². The Balaban J connectivity index is 1.11. The van der Waals surface area contributed by atoms with Crippen LogP contribution in [0, 0.1) is 0 Å². The quantitative estimate of drug-likeness (QED) is 0.188. The first-order valence-electron chi connectivity index (χ1n) is 17.7. The maximum absolute atomic E-state index is 6.76. The van der Waals surface area contributed by atoms with Crippen molar-refractivity contribution in [1.29, 1.82) is 0 Å². The topological polar surface area (TPSA) is 38.9 Å². The summed E-state index contributed by atoms with van der Waals surface area (Å²) in [5.41, 5.74) is 16.3. The number of fused-ring (bicyclic) bond motifs is 12. The van der Waals surface area contributed by atoms with E-state index in [1.54, 1.807) is 0 Å². The molecule has 0 saturated heterocycles. The van der Waals surface area contributed by atoms with Crippen LogP contribution in [0.2, 0.25) is 0 Å². The number of furan rings is 1. The largest absolute Gasteiger partial charge is 0.456 e. The predicted molar refractivity (Wildman–Crippen MR) is 210 cm³/mol. The molecule has 1 spiro atoms. The maximum atomic E-state index is 6.76. The number of hydrogen-bond donors (Lipinski definition) is 0. The standard InChI is InChI=1S/C49H30N2O/c1-3-14-31(15-4-1)43-30-44(32-16-5-2-6-17-32)51-48(50-43)35-19-13-18-33(28-35)34-26-27-38-42(29-34)49(46-39-22-9-12-25-45(39)52-47(38)46)40-23-10-7-20-36(40)37-21-8-11-24-41(37)49/h1-30H. The van der Waals surface area contributed by atoms with Crippen LogP contribution >= 0.6 is 0 Å². The summed E-state index contributed by atoms with van der Waals surface area (Å²) in [5, 5.41) is 1.16. The van der Waals surface area contributed by atoms with Gasteiger partial charge >= 0.3 is 0 Å². The number of rotatable bonds is 4. The molecule has 0 radical (unpaired) electrons. The molecule has 3 nitrogen and oxygen atoms in total. The van der Waals surface area contributed by atoms with E-state index in [4.69, 9.17) is 14.4 Å². The Labute approximate surface area is 301 Å². The highest BCUT2D eigenvalue weighted by molar-refractivity contribution is 6.02.